The summed E-state index contributed by atoms with van der Waals surface area (Å²) in [5.41, 5.74) is 0. The van der Waals surface area contributed by atoms with E-state index in [1.54, 1.807) is 0 Å². The second kappa shape index (κ2) is 6.99. The highest BCUT2D eigenvalue weighted by atomic mass is 16.5. The fourth-order valence-electron chi connectivity index (χ4n) is 0.664. The van der Waals surface area contributed by atoms with E-state index < -0.39 is 0 Å². The first-order valence-electron chi connectivity index (χ1n) is 3.76. The van der Waals surface area contributed by atoms with Gasteiger partial charge in [0, 0.05) is 0 Å². The smallest absolute Gasteiger partial charge is 0.0991 e. The number of hydrogen-bond donors (Lipinski definition) is 1. The van der Waals surface area contributed by atoms with Gasteiger partial charge in [0.25, 0.3) is 0 Å². The lowest BCUT2D eigenvalue weighted by Crippen LogP contribution is -2.26. The highest BCUT2D eigenvalue weighted by Crippen LogP contribution is 1.86. The van der Waals surface area contributed by atoms with Crippen molar-refractivity contribution in [1.29, 1.82) is 0 Å². The molecule has 0 aromatic heterocycles. The van der Waals surface area contributed by atoms with Crippen molar-refractivity contribution in [2.75, 3.05) is 33.0 Å². The zero-order chi connectivity index (χ0) is 7.82. The average molecular weight is 147 g/mol. The monoisotopic (exact) mass is 147 g/mol. The molecule has 1 N–H and O–H groups in total. The van der Waals surface area contributed by atoms with Crippen LogP contribution in [0.4, 0.5) is 0 Å². The molecule has 3 nitrogen and oxygen atoms in total. The summed E-state index contributed by atoms with van der Waals surface area (Å²) in [6.07, 6.45) is 0. The molecule has 0 radical (unpaired) electrons. The Bertz CT molecular complexity index is 64.6. The van der Waals surface area contributed by atoms with E-state index in [9.17, 15) is 0 Å². The summed E-state index contributed by atoms with van der Waals surface area (Å²) in [5.74, 6) is 0. The second-order valence-corrected chi connectivity index (χ2v) is 2.06. The molecule has 0 saturated carbocycles. The third-order valence-corrected chi connectivity index (χ3v) is 1.40. The van der Waals surface area contributed by atoms with Gasteiger partial charge in [-0.25, -0.2) is 0 Å². The van der Waals surface area contributed by atoms with E-state index >= 15 is 0 Å². The minimum atomic E-state index is 0.112. The Hall–Kier alpha value is -0.120. The standard InChI is InChI=1S/C7H17NO2/c1-3-8(4-2)7-10-6-5-9/h9H,3-7H2,1-2H3. The zero-order valence-corrected chi connectivity index (χ0v) is 6.84. The maximum atomic E-state index is 8.38. The van der Waals surface area contributed by atoms with Gasteiger partial charge in [-0.2, -0.15) is 0 Å². The highest BCUT2D eigenvalue weighted by Gasteiger charge is 1.95. The molecule has 3 heteroatoms. The molecule has 0 atom stereocenters. The summed E-state index contributed by atoms with van der Waals surface area (Å²) < 4.78 is 5.10. The molecule has 62 valence electrons. The van der Waals surface area contributed by atoms with Crippen molar-refractivity contribution in [1.82, 2.24) is 4.90 Å². The fraction of sp³-hybridized carbons (Fsp3) is 1.00. The fourth-order valence-corrected chi connectivity index (χ4v) is 0.664. The van der Waals surface area contributed by atoms with Gasteiger partial charge in [0.05, 0.1) is 19.9 Å². The molecule has 10 heavy (non-hydrogen) atoms. The molecule has 0 aliphatic carbocycles. The zero-order valence-electron chi connectivity index (χ0n) is 6.84. The molecule has 0 bridgehead atoms. The van der Waals surface area contributed by atoms with Crippen LogP contribution in [0.1, 0.15) is 13.8 Å². The molecular formula is C7H17NO2. The van der Waals surface area contributed by atoms with E-state index in [-0.39, 0.29) is 6.61 Å². The second-order valence-electron chi connectivity index (χ2n) is 2.06. The van der Waals surface area contributed by atoms with Gasteiger partial charge in [-0.3, -0.25) is 4.90 Å². The summed E-state index contributed by atoms with van der Waals surface area (Å²) in [6.45, 7) is 7.37. The molecule has 0 unspecified atom stereocenters. The highest BCUT2D eigenvalue weighted by molar-refractivity contribution is 4.42. The van der Waals surface area contributed by atoms with Crippen LogP contribution in [-0.4, -0.2) is 43.0 Å². The molecule has 0 aliphatic heterocycles. The van der Waals surface area contributed by atoms with Crippen molar-refractivity contribution < 1.29 is 9.84 Å². The molecule has 0 fully saturated rings. The molecular weight excluding hydrogens is 130 g/mol. The molecule has 0 amide bonds. The van der Waals surface area contributed by atoms with Crippen LogP contribution in [0.5, 0.6) is 0 Å². The molecule has 0 aromatic rings. The summed E-state index contributed by atoms with van der Waals surface area (Å²) in [4.78, 5) is 2.15. The summed E-state index contributed by atoms with van der Waals surface area (Å²) in [6, 6.07) is 0. The van der Waals surface area contributed by atoms with Gasteiger partial charge in [0.2, 0.25) is 0 Å². The van der Waals surface area contributed by atoms with Crippen LogP contribution in [0, 0.1) is 0 Å². The van der Waals surface area contributed by atoms with Crippen molar-refractivity contribution in [2.24, 2.45) is 0 Å². The Morgan fingerprint density at radius 1 is 1.30 bits per heavy atom. The van der Waals surface area contributed by atoms with Gasteiger partial charge in [-0.1, -0.05) is 13.8 Å². The third kappa shape index (κ3) is 4.73. The molecule has 0 spiro atoms. The van der Waals surface area contributed by atoms with E-state index in [1.807, 2.05) is 0 Å². The van der Waals surface area contributed by atoms with Crippen molar-refractivity contribution in [3.8, 4) is 0 Å². The predicted octanol–water partition coefficient (Wildman–Crippen LogP) is 0.295. The van der Waals surface area contributed by atoms with Crippen LogP contribution < -0.4 is 0 Å². The van der Waals surface area contributed by atoms with Gasteiger partial charge < -0.3 is 9.84 Å². The maximum absolute atomic E-state index is 8.38. The van der Waals surface area contributed by atoms with E-state index in [1.165, 1.54) is 0 Å². The Morgan fingerprint density at radius 3 is 2.30 bits per heavy atom. The molecule has 0 aromatic carbocycles. The van der Waals surface area contributed by atoms with Gasteiger partial charge in [-0.15, -0.1) is 0 Å². The number of hydrogen-bond acceptors (Lipinski definition) is 3. The van der Waals surface area contributed by atoms with Crippen LogP contribution >= 0.6 is 0 Å². The van der Waals surface area contributed by atoms with Crippen LogP contribution in [-0.2, 0) is 4.74 Å². The van der Waals surface area contributed by atoms with Crippen molar-refractivity contribution in [3.05, 3.63) is 0 Å². The lowest BCUT2D eigenvalue weighted by molar-refractivity contribution is 0.0161. The normalized spacial score (nSPS) is 10.8. The van der Waals surface area contributed by atoms with E-state index in [0.29, 0.717) is 13.3 Å². The topological polar surface area (TPSA) is 32.7 Å². The molecule has 0 saturated heterocycles. The van der Waals surface area contributed by atoms with Crippen LogP contribution in [0.2, 0.25) is 0 Å². The molecule has 0 rings (SSSR count). The van der Waals surface area contributed by atoms with Crippen molar-refractivity contribution >= 4 is 0 Å². The largest absolute Gasteiger partial charge is 0.394 e. The maximum Gasteiger partial charge on any atom is 0.0991 e. The SMILES string of the molecule is CCN(CC)COCCO. The first-order chi connectivity index (χ1) is 4.85. The minimum Gasteiger partial charge on any atom is -0.394 e. The lowest BCUT2D eigenvalue weighted by Gasteiger charge is -2.16. The molecule has 0 heterocycles. The van der Waals surface area contributed by atoms with Gasteiger partial charge >= 0.3 is 0 Å². The Balaban J connectivity index is 3.09. The average Bonchev–Trinajstić information content (AvgIpc) is 1.99. The van der Waals surface area contributed by atoms with E-state index in [2.05, 4.69) is 18.7 Å². The first-order valence-corrected chi connectivity index (χ1v) is 3.76. The van der Waals surface area contributed by atoms with Crippen molar-refractivity contribution in [3.63, 3.8) is 0 Å². The quantitative estimate of drug-likeness (QED) is 0.433. The first kappa shape index (κ1) is 9.88. The van der Waals surface area contributed by atoms with E-state index in [4.69, 9.17) is 9.84 Å². The Morgan fingerprint density at radius 2 is 1.90 bits per heavy atom. The van der Waals surface area contributed by atoms with Crippen LogP contribution in [0.25, 0.3) is 0 Å². The number of aliphatic hydroxyl groups excluding tert-OH is 1. The third-order valence-electron chi connectivity index (χ3n) is 1.40. The van der Waals surface area contributed by atoms with Crippen molar-refractivity contribution in [2.45, 2.75) is 13.8 Å². The van der Waals surface area contributed by atoms with E-state index in [0.717, 1.165) is 13.1 Å². The number of rotatable bonds is 6. The Kier molecular flexibility index (Phi) is 6.91. The summed E-state index contributed by atoms with van der Waals surface area (Å²) in [5, 5.41) is 8.38. The van der Waals surface area contributed by atoms with Gasteiger partial charge in [-0.05, 0) is 13.1 Å². The number of nitrogens with zero attached hydrogens (tertiary/aromatic N) is 1. The van der Waals surface area contributed by atoms with Crippen LogP contribution in [0.15, 0.2) is 0 Å². The number of aliphatic hydroxyl groups is 1. The van der Waals surface area contributed by atoms with Gasteiger partial charge in [0.15, 0.2) is 0 Å². The summed E-state index contributed by atoms with van der Waals surface area (Å²) >= 11 is 0. The summed E-state index contributed by atoms with van der Waals surface area (Å²) in [7, 11) is 0. The Labute approximate surface area is 62.6 Å². The molecule has 0 aliphatic rings. The lowest BCUT2D eigenvalue weighted by atomic mass is 10.6. The van der Waals surface area contributed by atoms with Gasteiger partial charge in [0.1, 0.15) is 0 Å². The predicted molar refractivity (Wildman–Crippen MR) is 40.8 cm³/mol. The van der Waals surface area contributed by atoms with Crippen LogP contribution in [0.3, 0.4) is 0 Å². The minimum absolute atomic E-state index is 0.112. The number of ether oxygens (including phenoxy) is 1.